The van der Waals surface area contributed by atoms with E-state index in [0.29, 0.717) is 18.4 Å². The summed E-state index contributed by atoms with van der Waals surface area (Å²) in [6, 6.07) is 8.72. The van der Waals surface area contributed by atoms with E-state index >= 15 is 0 Å². The Morgan fingerprint density at radius 2 is 1.96 bits per heavy atom. The summed E-state index contributed by atoms with van der Waals surface area (Å²) in [5.74, 6) is -2.09. The van der Waals surface area contributed by atoms with E-state index in [1.165, 1.54) is 0 Å². The average molecular weight is 386 g/mol. The molecule has 1 aromatic carbocycles. The number of hydrogen-bond donors (Lipinski definition) is 1. The van der Waals surface area contributed by atoms with Gasteiger partial charge in [-0.2, -0.15) is 0 Å². The van der Waals surface area contributed by atoms with Crippen molar-refractivity contribution in [3.8, 4) is 0 Å². The van der Waals surface area contributed by atoms with Crippen LogP contribution in [0.4, 0.5) is 0 Å². The number of rotatable bonds is 5. The Bertz CT molecular complexity index is 882. The van der Waals surface area contributed by atoms with E-state index in [-0.39, 0.29) is 24.4 Å². The summed E-state index contributed by atoms with van der Waals surface area (Å²) in [5.41, 5.74) is -2.53. The molecule has 1 aromatic rings. The molecule has 6 unspecified atom stereocenters. The molecule has 3 aliphatic heterocycles. The highest BCUT2D eigenvalue weighted by Crippen LogP contribution is 2.81. The van der Waals surface area contributed by atoms with Crippen molar-refractivity contribution in [2.24, 2.45) is 17.3 Å². The second-order valence-electron chi connectivity index (χ2n) is 9.08. The molecule has 8 rings (SSSR count). The molecule has 4 saturated carbocycles. The van der Waals surface area contributed by atoms with Gasteiger partial charge < -0.3 is 24.1 Å². The number of benzene rings is 1. The highest BCUT2D eigenvalue weighted by atomic mass is 16.8. The third kappa shape index (κ3) is 1.76. The molecule has 3 saturated heterocycles. The van der Waals surface area contributed by atoms with Gasteiger partial charge in [-0.05, 0) is 38.3 Å². The van der Waals surface area contributed by atoms with Crippen molar-refractivity contribution >= 4 is 11.9 Å². The van der Waals surface area contributed by atoms with Gasteiger partial charge in [0.05, 0.1) is 16.9 Å². The van der Waals surface area contributed by atoms with Crippen LogP contribution in [0.5, 0.6) is 0 Å². The molecule has 7 fully saturated rings. The molecule has 0 spiro atoms. The molecule has 6 bridgehead atoms. The van der Waals surface area contributed by atoms with Gasteiger partial charge in [0.1, 0.15) is 17.8 Å². The fourth-order valence-corrected chi connectivity index (χ4v) is 5.93. The van der Waals surface area contributed by atoms with Crippen LogP contribution in [0.3, 0.4) is 0 Å². The number of aliphatic hydroxyl groups is 1. The van der Waals surface area contributed by atoms with Crippen molar-refractivity contribution in [2.45, 2.75) is 55.9 Å². The zero-order valence-corrected chi connectivity index (χ0v) is 15.6. The van der Waals surface area contributed by atoms with E-state index in [2.05, 4.69) is 0 Å². The van der Waals surface area contributed by atoms with Gasteiger partial charge in [0.15, 0.2) is 6.29 Å². The minimum atomic E-state index is -1.17. The summed E-state index contributed by atoms with van der Waals surface area (Å²) >= 11 is 0. The van der Waals surface area contributed by atoms with Gasteiger partial charge in [0.2, 0.25) is 5.79 Å². The van der Waals surface area contributed by atoms with Crippen LogP contribution in [0, 0.1) is 17.3 Å². The fourth-order valence-electron chi connectivity index (χ4n) is 5.93. The summed E-state index contributed by atoms with van der Waals surface area (Å²) < 4.78 is 23.6. The molecule has 0 radical (unpaired) electrons. The SMILES string of the molecule is CC12CC3(OC(=O)C4CC4)OC(O1)C1(COC(=O)c4ccccc4)C3CC21O. The number of carbonyl (C=O) groups is 2. The molecular weight excluding hydrogens is 364 g/mol. The Kier molecular flexibility index (Phi) is 3.00. The van der Waals surface area contributed by atoms with Gasteiger partial charge in [-0.1, -0.05) is 18.2 Å². The maximum Gasteiger partial charge on any atom is 0.338 e. The predicted octanol–water partition coefficient (Wildman–Crippen LogP) is 1.78. The van der Waals surface area contributed by atoms with Crippen LogP contribution in [0.25, 0.3) is 0 Å². The molecule has 7 aliphatic rings. The first-order chi connectivity index (χ1) is 13.3. The van der Waals surface area contributed by atoms with E-state index in [1.54, 1.807) is 24.3 Å². The minimum Gasteiger partial charge on any atom is -0.461 e. The summed E-state index contributed by atoms with van der Waals surface area (Å²) in [6.07, 6.45) is 1.64. The lowest BCUT2D eigenvalue weighted by Gasteiger charge is -2.65. The Morgan fingerprint density at radius 3 is 2.68 bits per heavy atom. The number of carbonyl (C=O) groups excluding carboxylic acids is 2. The lowest BCUT2D eigenvalue weighted by molar-refractivity contribution is -0.385. The average Bonchev–Trinajstić information content (AvgIpc) is 3.47. The normalized spacial score (nSPS) is 46.9. The molecule has 7 heteroatoms. The van der Waals surface area contributed by atoms with Crippen LogP contribution in [0.2, 0.25) is 0 Å². The standard InChI is InChI=1S/C21H22O7/c1-18-10-20(26-16(23)13-7-8-13)14-9-21(18,24)19(14,17(27-18)28-20)11-25-15(22)12-5-3-2-4-6-12/h2-6,13-14,17,24H,7-11H2,1H3. The first-order valence-electron chi connectivity index (χ1n) is 9.87. The number of hydrogen-bond acceptors (Lipinski definition) is 7. The zero-order valence-electron chi connectivity index (χ0n) is 15.6. The largest absolute Gasteiger partial charge is 0.461 e. The van der Waals surface area contributed by atoms with Crippen molar-refractivity contribution in [2.75, 3.05) is 6.61 Å². The molecule has 0 amide bonds. The van der Waals surface area contributed by atoms with Gasteiger partial charge >= 0.3 is 11.9 Å². The number of ether oxygens (including phenoxy) is 4. The first-order valence-corrected chi connectivity index (χ1v) is 9.87. The van der Waals surface area contributed by atoms with E-state index in [4.69, 9.17) is 18.9 Å². The Labute approximate surface area is 161 Å². The smallest absolute Gasteiger partial charge is 0.338 e. The molecule has 6 atom stereocenters. The molecular formula is C21H22O7. The molecule has 7 nitrogen and oxygen atoms in total. The third-order valence-corrected chi connectivity index (χ3v) is 7.61. The van der Waals surface area contributed by atoms with Crippen molar-refractivity contribution in [3.63, 3.8) is 0 Å². The highest BCUT2D eigenvalue weighted by molar-refractivity contribution is 5.89. The van der Waals surface area contributed by atoms with Crippen molar-refractivity contribution < 1.29 is 33.6 Å². The van der Waals surface area contributed by atoms with Gasteiger partial charge in [-0.25, -0.2) is 4.79 Å². The topological polar surface area (TPSA) is 91.3 Å². The monoisotopic (exact) mass is 386 g/mol. The molecule has 148 valence electrons. The highest BCUT2D eigenvalue weighted by Gasteiger charge is 2.94. The van der Waals surface area contributed by atoms with Crippen LogP contribution >= 0.6 is 0 Å². The molecule has 0 aromatic heterocycles. The van der Waals surface area contributed by atoms with Gasteiger partial charge in [-0.15, -0.1) is 0 Å². The van der Waals surface area contributed by atoms with E-state index in [0.717, 1.165) is 12.8 Å². The fraction of sp³-hybridized carbons (Fsp3) is 0.619. The van der Waals surface area contributed by atoms with Crippen LogP contribution in [0.1, 0.15) is 43.0 Å². The predicted molar refractivity (Wildman–Crippen MR) is 92.7 cm³/mol. The van der Waals surface area contributed by atoms with Crippen LogP contribution in [-0.4, -0.2) is 46.9 Å². The summed E-state index contributed by atoms with van der Waals surface area (Å²) in [5, 5.41) is 11.5. The molecule has 1 N–H and O–H groups in total. The molecule has 28 heavy (non-hydrogen) atoms. The van der Waals surface area contributed by atoms with Gasteiger partial charge in [0, 0.05) is 12.3 Å². The van der Waals surface area contributed by atoms with Crippen LogP contribution in [0.15, 0.2) is 30.3 Å². The maximum atomic E-state index is 12.5. The molecule has 4 aliphatic carbocycles. The van der Waals surface area contributed by atoms with Crippen molar-refractivity contribution in [1.82, 2.24) is 0 Å². The second kappa shape index (κ2) is 4.96. The lowest BCUT2D eigenvalue weighted by Crippen LogP contribution is -2.79. The first kappa shape index (κ1) is 16.9. The summed E-state index contributed by atoms with van der Waals surface area (Å²) in [4.78, 5) is 24.9. The summed E-state index contributed by atoms with van der Waals surface area (Å²) in [6.45, 7) is 1.79. The van der Waals surface area contributed by atoms with E-state index < -0.39 is 34.7 Å². The minimum absolute atomic E-state index is 0.0368. The van der Waals surface area contributed by atoms with Crippen LogP contribution < -0.4 is 0 Å². The maximum absolute atomic E-state index is 12.5. The quantitative estimate of drug-likeness (QED) is 0.771. The van der Waals surface area contributed by atoms with Gasteiger partial charge in [0.25, 0.3) is 0 Å². The van der Waals surface area contributed by atoms with Crippen LogP contribution in [-0.2, 0) is 23.7 Å². The zero-order chi connectivity index (χ0) is 19.4. The van der Waals surface area contributed by atoms with Crippen molar-refractivity contribution in [1.29, 1.82) is 0 Å². The Balaban J connectivity index is 1.30. The Hall–Kier alpha value is -1.96. The number of esters is 2. The lowest BCUT2D eigenvalue weighted by atomic mass is 9.41. The summed E-state index contributed by atoms with van der Waals surface area (Å²) in [7, 11) is 0. The van der Waals surface area contributed by atoms with Gasteiger partial charge in [-0.3, -0.25) is 4.79 Å². The van der Waals surface area contributed by atoms with E-state index in [9.17, 15) is 14.7 Å². The third-order valence-electron chi connectivity index (χ3n) is 7.61. The van der Waals surface area contributed by atoms with E-state index in [1.807, 2.05) is 13.0 Å². The second-order valence-corrected chi connectivity index (χ2v) is 9.08. The molecule has 3 heterocycles. The van der Waals surface area contributed by atoms with Crippen molar-refractivity contribution in [3.05, 3.63) is 35.9 Å². The Morgan fingerprint density at radius 1 is 1.21 bits per heavy atom.